The van der Waals surface area contributed by atoms with Crippen LogP contribution >= 0.6 is 0 Å². The van der Waals surface area contributed by atoms with E-state index in [1.54, 1.807) is 0 Å². The van der Waals surface area contributed by atoms with Crippen molar-refractivity contribution in [3.8, 4) is 5.69 Å². The number of hydrogen-bond acceptors (Lipinski definition) is 5. The summed E-state index contributed by atoms with van der Waals surface area (Å²) >= 11 is 0. The number of ether oxygens (including phenoxy) is 4. The minimum Gasteiger partial charge on any atom is -0.364 e. The van der Waals surface area contributed by atoms with Crippen molar-refractivity contribution in [3.63, 3.8) is 0 Å². The highest BCUT2D eigenvalue weighted by Crippen LogP contribution is 2.52. The second-order valence-electron chi connectivity index (χ2n) is 8.00. The Bertz CT molecular complexity index is 862. The van der Waals surface area contributed by atoms with Gasteiger partial charge in [-0.15, -0.1) is 0 Å². The van der Waals surface area contributed by atoms with E-state index in [9.17, 15) is 0 Å². The van der Waals surface area contributed by atoms with Gasteiger partial charge in [-0.1, -0.05) is 18.2 Å². The van der Waals surface area contributed by atoms with Crippen LogP contribution in [0.1, 0.15) is 55.8 Å². The lowest BCUT2D eigenvalue weighted by atomic mass is 9.87. The monoisotopic (exact) mass is 354 g/mol. The lowest BCUT2D eigenvalue weighted by molar-refractivity contribution is -0.228. The molecule has 6 heteroatoms. The van der Waals surface area contributed by atoms with Gasteiger partial charge in [0.15, 0.2) is 12.1 Å². The second-order valence-corrected chi connectivity index (χ2v) is 8.00. The van der Waals surface area contributed by atoms with E-state index in [0.717, 1.165) is 30.6 Å². The summed E-state index contributed by atoms with van der Waals surface area (Å²) in [5, 5.41) is 4.99. The van der Waals surface area contributed by atoms with E-state index in [4.69, 9.17) is 24.0 Å². The van der Waals surface area contributed by atoms with Crippen LogP contribution < -0.4 is 0 Å². The van der Waals surface area contributed by atoms with Crippen LogP contribution in [-0.4, -0.2) is 34.1 Å². The van der Waals surface area contributed by atoms with Crippen molar-refractivity contribution < 1.29 is 18.9 Å². The number of fused-ring (bicyclic) bond motifs is 4. The molecule has 2 saturated heterocycles. The Labute approximate surface area is 152 Å². The third kappa shape index (κ3) is 2.04. The molecule has 2 fully saturated rings. The predicted octanol–water partition coefficient (Wildman–Crippen LogP) is 3.20. The van der Waals surface area contributed by atoms with E-state index in [-0.39, 0.29) is 24.4 Å². The summed E-state index contributed by atoms with van der Waals surface area (Å²) < 4.78 is 26.8. The molecule has 26 heavy (non-hydrogen) atoms. The summed E-state index contributed by atoms with van der Waals surface area (Å²) in [5.74, 6) is -0.634. The van der Waals surface area contributed by atoms with E-state index in [2.05, 4.69) is 16.8 Å². The van der Waals surface area contributed by atoms with Crippen molar-refractivity contribution in [3.05, 3.63) is 47.3 Å². The largest absolute Gasteiger partial charge is 0.364 e. The van der Waals surface area contributed by atoms with Gasteiger partial charge in [0, 0.05) is 5.56 Å². The maximum Gasteiger partial charge on any atom is 0.190 e. The molecule has 2 aromatic rings. The summed E-state index contributed by atoms with van der Waals surface area (Å²) in [6.45, 7) is 3.83. The van der Waals surface area contributed by atoms with Crippen LogP contribution in [0.15, 0.2) is 30.3 Å². The molecule has 0 amide bonds. The van der Waals surface area contributed by atoms with Crippen molar-refractivity contribution in [2.45, 2.75) is 69.6 Å². The van der Waals surface area contributed by atoms with Gasteiger partial charge in [0.25, 0.3) is 0 Å². The molecule has 6 nitrogen and oxygen atoms in total. The molecule has 0 radical (unpaired) electrons. The fourth-order valence-corrected chi connectivity index (χ4v) is 4.84. The highest BCUT2D eigenvalue weighted by Gasteiger charge is 2.59. The molecule has 6 rings (SSSR count). The lowest BCUT2D eigenvalue weighted by Crippen LogP contribution is -2.38. The van der Waals surface area contributed by atoms with Gasteiger partial charge in [-0.05, 0) is 45.2 Å². The van der Waals surface area contributed by atoms with Crippen molar-refractivity contribution in [2.24, 2.45) is 0 Å². The van der Waals surface area contributed by atoms with Gasteiger partial charge in [0.2, 0.25) is 0 Å². The van der Waals surface area contributed by atoms with Crippen LogP contribution in [0.25, 0.3) is 5.69 Å². The van der Waals surface area contributed by atoms with Crippen LogP contribution in [0.5, 0.6) is 0 Å². The number of rotatable bonds is 1. The van der Waals surface area contributed by atoms with Crippen molar-refractivity contribution in [2.75, 3.05) is 0 Å². The van der Waals surface area contributed by atoms with Gasteiger partial charge in [-0.25, -0.2) is 4.68 Å². The molecule has 1 aliphatic carbocycles. The number of aromatic nitrogens is 2. The SMILES string of the molecule is CC1(C)O[C@H]2O[C@@H]3c4nn(-c5ccccc5)c5c4[C@H](CCC5)O[C@@H]3[C@H]2O1. The zero-order valence-corrected chi connectivity index (χ0v) is 14.9. The topological polar surface area (TPSA) is 54.7 Å². The molecule has 1 aromatic carbocycles. The molecule has 0 saturated carbocycles. The fraction of sp³-hybridized carbons (Fsp3) is 0.550. The highest BCUT2D eigenvalue weighted by molar-refractivity contribution is 5.42. The maximum absolute atomic E-state index is 6.49. The van der Waals surface area contributed by atoms with Crippen LogP contribution in [0, 0.1) is 0 Å². The fourth-order valence-electron chi connectivity index (χ4n) is 4.84. The molecule has 4 heterocycles. The first kappa shape index (κ1) is 15.3. The summed E-state index contributed by atoms with van der Waals surface area (Å²) in [4.78, 5) is 0. The Kier molecular flexibility index (Phi) is 3.05. The van der Waals surface area contributed by atoms with Crippen LogP contribution in [0.4, 0.5) is 0 Å². The minimum absolute atomic E-state index is 0.0714. The number of benzene rings is 1. The maximum atomic E-state index is 6.49. The second kappa shape index (κ2) is 5.16. The third-order valence-electron chi connectivity index (χ3n) is 5.83. The van der Waals surface area contributed by atoms with Crippen molar-refractivity contribution in [1.29, 1.82) is 0 Å². The van der Waals surface area contributed by atoms with Gasteiger partial charge < -0.3 is 18.9 Å². The first-order valence-electron chi connectivity index (χ1n) is 9.44. The molecular formula is C20H22N2O4. The van der Waals surface area contributed by atoms with E-state index < -0.39 is 12.1 Å². The van der Waals surface area contributed by atoms with E-state index in [0.29, 0.717) is 0 Å². The Morgan fingerprint density at radius 2 is 1.92 bits per heavy atom. The Balaban J connectivity index is 1.46. The lowest BCUT2D eigenvalue weighted by Gasteiger charge is -2.35. The molecule has 136 valence electrons. The molecule has 5 atom stereocenters. The summed E-state index contributed by atoms with van der Waals surface area (Å²) in [7, 11) is 0. The highest BCUT2D eigenvalue weighted by atomic mass is 16.8. The van der Waals surface area contributed by atoms with Gasteiger partial charge >= 0.3 is 0 Å². The Hall–Kier alpha value is -1.73. The minimum atomic E-state index is -0.634. The Morgan fingerprint density at radius 1 is 1.08 bits per heavy atom. The number of nitrogens with zero attached hydrogens (tertiary/aromatic N) is 2. The van der Waals surface area contributed by atoms with Gasteiger partial charge in [-0.3, -0.25) is 0 Å². The van der Waals surface area contributed by atoms with Crippen LogP contribution in [0.3, 0.4) is 0 Å². The number of hydrogen-bond donors (Lipinski definition) is 0. The molecule has 0 unspecified atom stereocenters. The number of para-hydroxylation sites is 1. The summed E-state index contributed by atoms with van der Waals surface area (Å²) in [5.41, 5.74) is 4.56. The summed E-state index contributed by atoms with van der Waals surface area (Å²) in [6, 6.07) is 10.3. The van der Waals surface area contributed by atoms with Crippen molar-refractivity contribution >= 4 is 0 Å². The van der Waals surface area contributed by atoms with Gasteiger partial charge in [0.1, 0.15) is 24.0 Å². The normalized spacial score (nSPS) is 36.5. The van der Waals surface area contributed by atoms with Gasteiger partial charge in [-0.2, -0.15) is 5.10 Å². The first-order valence-corrected chi connectivity index (χ1v) is 9.44. The average molecular weight is 354 g/mol. The van der Waals surface area contributed by atoms with Crippen LogP contribution in [0.2, 0.25) is 0 Å². The standard InChI is InChI=1S/C20H22N2O4/c1-20(2)25-18-17-16(24-19(18)26-20)15-14-12(9-6-10-13(14)23-17)22(21-15)11-7-4-3-5-8-11/h3-5,7-8,13,16-19H,6,9-10H2,1-2H3/t13-,16+,17-,18+,19+/m0/s1. The molecular weight excluding hydrogens is 332 g/mol. The first-order chi connectivity index (χ1) is 12.6. The zero-order chi connectivity index (χ0) is 17.5. The molecule has 1 aromatic heterocycles. The van der Waals surface area contributed by atoms with E-state index >= 15 is 0 Å². The zero-order valence-electron chi connectivity index (χ0n) is 14.9. The predicted molar refractivity (Wildman–Crippen MR) is 91.8 cm³/mol. The van der Waals surface area contributed by atoms with E-state index in [1.807, 2.05) is 32.0 Å². The molecule has 3 aliphatic heterocycles. The van der Waals surface area contributed by atoms with E-state index in [1.165, 1.54) is 11.3 Å². The Morgan fingerprint density at radius 3 is 2.77 bits per heavy atom. The average Bonchev–Trinajstić information content (AvgIpc) is 3.26. The molecule has 0 spiro atoms. The van der Waals surface area contributed by atoms with Gasteiger partial charge in [0.05, 0.1) is 17.5 Å². The quantitative estimate of drug-likeness (QED) is 0.787. The molecule has 0 bridgehead atoms. The molecule has 4 aliphatic rings. The summed E-state index contributed by atoms with van der Waals surface area (Å²) in [6.07, 6.45) is 2.23. The smallest absolute Gasteiger partial charge is 0.190 e. The third-order valence-corrected chi connectivity index (χ3v) is 5.83. The van der Waals surface area contributed by atoms with Crippen LogP contribution in [-0.2, 0) is 25.4 Å². The molecule has 0 N–H and O–H groups in total. The van der Waals surface area contributed by atoms with Crippen molar-refractivity contribution in [1.82, 2.24) is 9.78 Å².